The number of nitrogens with zero attached hydrogens (tertiary/aromatic N) is 4. The highest BCUT2D eigenvalue weighted by Crippen LogP contribution is 2.20. The summed E-state index contributed by atoms with van der Waals surface area (Å²) in [6.45, 7) is -0.475. The van der Waals surface area contributed by atoms with Crippen LogP contribution in [-0.2, 0) is 25.0 Å². The molecule has 3 rings (SSSR count). The Hall–Kier alpha value is -3.55. The Balaban J connectivity index is 1.73. The van der Waals surface area contributed by atoms with Gasteiger partial charge in [-0.2, -0.15) is 12.7 Å². The first-order valence-corrected chi connectivity index (χ1v) is 12.4. The van der Waals surface area contributed by atoms with Crippen molar-refractivity contribution in [3.63, 3.8) is 0 Å². The summed E-state index contributed by atoms with van der Waals surface area (Å²) in [6, 6.07) is 15.2. The smallest absolute Gasteiger partial charge is 0.304 e. The van der Waals surface area contributed by atoms with Gasteiger partial charge < -0.3 is 5.32 Å². The van der Waals surface area contributed by atoms with Gasteiger partial charge in [0, 0.05) is 32.2 Å². The highest BCUT2D eigenvalue weighted by atomic mass is 32.2. The molecule has 0 aliphatic heterocycles. The van der Waals surface area contributed by atoms with Crippen molar-refractivity contribution in [2.75, 3.05) is 35.0 Å². The van der Waals surface area contributed by atoms with E-state index in [1.807, 2.05) is 0 Å². The lowest BCUT2D eigenvalue weighted by Crippen LogP contribution is -2.44. The van der Waals surface area contributed by atoms with Crippen LogP contribution in [0.5, 0.6) is 0 Å². The molecule has 174 valence electrons. The summed E-state index contributed by atoms with van der Waals surface area (Å²) in [5.41, 5.74) is 0.627. The molecule has 0 spiro atoms. The number of anilines is 3. The summed E-state index contributed by atoms with van der Waals surface area (Å²) >= 11 is 0. The number of benzene rings is 2. The predicted molar refractivity (Wildman–Crippen MR) is 124 cm³/mol. The molecule has 0 saturated heterocycles. The van der Waals surface area contributed by atoms with Crippen LogP contribution in [0.2, 0.25) is 0 Å². The van der Waals surface area contributed by atoms with Crippen molar-refractivity contribution in [3.05, 3.63) is 73.1 Å². The molecule has 33 heavy (non-hydrogen) atoms. The van der Waals surface area contributed by atoms with Gasteiger partial charge in [-0.05, 0) is 42.5 Å². The van der Waals surface area contributed by atoms with E-state index in [-0.39, 0.29) is 10.8 Å². The molecular weight excluding hydrogens is 468 g/mol. The fourth-order valence-corrected chi connectivity index (χ4v) is 4.70. The number of aromatic nitrogens is 2. The van der Waals surface area contributed by atoms with Gasteiger partial charge in [-0.1, -0.05) is 18.2 Å². The van der Waals surface area contributed by atoms with E-state index in [0.29, 0.717) is 11.4 Å². The van der Waals surface area contributed by atoms with E-state index >= 15 is 0 Å². The van der Waals surface area contributed by atoms with Crippen LogP contribution >= 0.6 is 0 Å². The first-order chi connectivity index (χ1) is 15.6. The number of hydrogen-bond acceptors (Lipinski definition) is 7. The van der Waals surface area contributed by atoms with E-state index in [1.165, 1.54) is 50.8 Å². The van der Waals surface area contributed by atoms with Gasteiger partial charge in [0.05, 0.1) is 10.6 Å². The van der Waals surface area contributed by atoms with E-state index in [4.69, 9.17) is 0 Å². The topological polar surface area (TPSA) is 142 Å². The van der Waals surface area contributed by atoms with Crippen molar-refractivity contribution < 1.29 is 21.6 Å². The molecule has 1 heterocycles. The fraction of sp³-hybridized carbons (Fsp3) is 0.150. The van der Waals surface area contributed by atoms with Gasteiger partial charge >= 0.3 is 10.2 Å². The van der Waals surface area contributed by atoms with Crippen molar-refractivity contribution in [2.24, 2.45) is 0 Å². The van der Waals surface area contributed by atoms with Gasteiger partial charge in [0.25, 0.3) is 10.0 Å². The predicted octanol–water partition coefficient (Wildman–Crippen LogP) is 1.53. The van der Waals surface area contributed by atoms with Gasteiger partial charge in [0.15, 0.2) is 0 Å². The van der Waals surface area contributed by atoms with Gasteiger partial charge in [0.2, 0.25) is 11.9 Å². The van der Waals surface area contributed by atoms with Crippen LogP contribution in [0.4, 0.5) is 17.3 Å². The summed E-state index contributed by atoms with van der Waals surface area (Å²) in [6.07, 6.45) is 2.80. The molecule has 0 aliphatic carbocycles. The summed E-state index contributed by atoms with van der Waals surface area (Å²) in [5, 5.41) is 2.58. The zero-order valence-electron chi connectivity index (χ0n) is 17.8. The molecule has 2 aromatic carbocycles. The number of sulfonamides is 1. The molecule has 13 heteroatoms. The molecule has 0 atom stereocenters. The minimum absolute atomic E-state index is 0.0611. The van der Waals surface area contributed by atoms with E-state index < -0.39 is 32.7 Å². The molecule has 0 unspecified atom stereocenters. The molecular formula is C20H22N6O5S2. The quantitative estimate of drug-likeness (QED) is 0.463. The van der Waals surface area contributed by atoms with Crippen LogP contribution in [0.3, 0.4) is 0 Å². The van der Waals surface area contributed by atoms with E-state index in [2.05, 4.69) is 20.0 Å². The van der Waals surface area contributed by atoms with E-state index in [1.54, 1.807) is 36.4 Å². The number of amides is 1. The maximum Gasteiger partial charge on any atom is 0.304 e. The lowest BCUT2D eigenvalue weighted by Gasteiger charge is -2.26. The molecule has 0 radical (unpaired) electrons. The summed E-state index contributed by atoms with van der Waals surface area (Å²) in [4.78, 5) is 20.2. The summed E-state index contributed by atoms with van der Waals surface area (Å²) in [5.74, 6) is -0.673. The summed E-state index contributed by atoms with van der Waals surface area (Å²) < 4.78 is 54.6. The Bertz CT molecular complexity index is 1300. The number of nitrogens with one attached hydrogen (secondary N) is 2. The second kappa shape index (κ2) is 9.94. The van der Waals surface area contributed by atoms with Crippen LogP contribution in [0, 0.1) is 0 Å². The first-order valence-electron chi connectivity index (χ1n) is 9.54. The zero-order valence-corrected chi connectivity index (χ0v) is 19.4. The van der Waals surface area contributed by atoms with Gasteiger partial charge in [-0.15, -0.1) is 0 Å². The highest BCUT2D eigenvalue weighted by Gasteiger charge is 2.27. The molecule has 0 saturated carbocycles. The molecule has 0 aliphatic rings. The lowest BCUT2D eigenvalue weighted by molar-refractivity contribution is -0.114. The third-order valence-electron chi connectivity index (χ3n) is 4.31. The normalized spacial score (nSPS) is 11.7. The van der Waals surface area contributed by atoms with Crippen LogP contribution in [0.1, 0.15) is 0 Å². The third kappa shape index (κ3) is 6.03. The summed E-state index contributed by atoms with van der Waals surface area (Å²) in [7, 11) is -5.11. The maximum absolute atomic E-state index is 12.7. The lowest BCUT2D eigenvalue weighted by atomic mass is 10.3. The SMILES string of the molecule is CN(C)S(=O)(=O)N(CC(=O)Nc1ccc(S(=O)(=O)Nc2ncccn2)cc1)c1ccccc1. The number of para-hydroxylation sites is 1. The molecule has 1 amide bonds. The second-order valence-corrected chi connectivity index (χ2v) is 10.6. The molecule has 0 fully saturated rings. The van der Waals surface area contributed by atoms with Gasteiger partial charge in [-0.25, -0.2) is 27.4 Å². The van der Waals surface area contributed by atoms with Crippen molar-refractivity contribution >= 4 is 43.5 Å². The van der Waals surface area contributed by atoms with Crippen LogP contribution in [-0.4, -0.2) is 57.7 Å². The Morgan fingerprint density at radius 1 is 0.879 bits per heavy atom. The van der Waals surface area contributed by atoms with Crippen LogP contribution < -0.4 is 14.3 Å². The molecule has 0 bridgehead atoms. The van der Waals surface area contributed by atoms with Crippen molar-refractivity contribution in [1.29, 1.82) is 0 Å². The second-order valence-electron chi connectivity index (χ2n) is 6.88. The molecule has 1 aromatic heterocycles. The maximum atomic E-state index is 12.7. The zero-order chi connectivity index (χ0) is 24.1. The number of rotatable bonds is 9. The van der Waals surface area contributed by atoms with Gasteiger partial charge in [0.1, 0.15) is 6.54 Å². The Labute approximate surface area is 192 Å². The van der Waals surface area contributed by atoms with Crippen molar-refractivity contribution in [2.45, 2.75) is 4.90 Å². The van der Waals surface area contributed by atoms with E-state index in [0.717, 1.165) is 8.61 Å². The Morgan fingerprint density at radius 2 is 1.48 bits per heavy atom. The average molecular weight is 491 g/mol. The largest absolute Gasteiger partial charge is 0.325 e. The minimum Gasteiger partial charge on any atom is -0.325 e. The average Bonchev–Trinajstić information content (AvgIpc) is 2.78. The highest BCUT2D eigenvalue weighted by molar-refractivity contribution is 7.92. The monoisotopic (exact) mass is 490 g/mol. The van der Waals surface area contributed by atoms with Crippen LogP contribution in [0.15, 0.2) is 78.0 Å². The third-order valence-corrected chi connectivity index (χ3v) is 7.48. The minimum atomic E-state index is -3.93. The number of carbonyl (C=O) groups excluding carboxylic acids is 1. The Morgan fingerprint density at radius 3 is 2.06 bits per heavy atom. The van der Waals surface area contributed by atoms with E-state index in [9.17, 15) is 21.6 Å². The standard InChI is InChI=1S/C20H22N6O5S2/c1-25(2)33(30,31)26(17-7-4-3-5-8-17)15-19(27)23-16-9-11-18(12-10-16)32(28,29)24-20-21-13-6-14-22-20/h3-14H,15H2,1-2H3,(H,23,27)(H,21,22,24). The van der Waals surface area contributed by atoms with Crippen LogP contribution in [0.25, 0.3) is 0 Å². The van der Waals surface area contributed by atoms with Crippen molar-refractivity contribution in [3.8, 4) is 0 Å². The number of carbonyl (C=O) groups is 1. The fourth-order valence-electron chi connectivity index (χ4n) is 2.68. The van der Waals surface area contributed by atoms with Crippen molar-refractivity contribution in [1.82, 2.24) is 14.3 Å². The Kier molecular flexibility index (Phi) is 7.26. The number of hydrogen-bond donors (Lipinski definition) is 2. The molecule has 3 aromatic rings. The van der Waals surface area contributed by atoms with Gasteiger partial charge in [-0.3, -0.25) is 4.79 Å². The molecule has 11 nitrogen and oxygen atoms in total. The first kappa shape index (κ1) is 24.1. The molecule has 2 N–H and O–H groups in total.